The lowest BCUT2D eigenvalue weighted by molar-refractivity contribution is -0.134. The molecule has 224 valence electrons. The first-order chi connectivity index (χ1) is 19.9. The number of hydrogen-bond donors (Lipinski definition) is 1. The number of likely N-dealkylation sites (tertiary alicyclic amines) is 2. The number of benzene rings is 1. The van der Waals surface area contributed by atoms with Crippen LogP contribution in [0, 0.1) is 30.1 Å². The van der Waals surface area contributed by atoms with Crippen LogP contribution in [-0.2, 0) is 11.2 Å². The van der Waals surface area contributed by atoms with Crippen molar-refractivity contribution in [3.63, 3.8) is 0 Å². The molecule has 0 radical (unpaired) electrons. The molecule has 3 aliphatic heterocycles. The molecule has 5 nitrogen and oxygen atoms in total. The van der Waals surface area contributed by atoms with Gasteiger partial charge >= 0.3 is 0 Å². The van der Waals surface area contributed by atoms with Gasteiger partial charge in [0, 0.05) is 30.7 Å². The molecule has 1 aromatic rings. The lowest BCUT2D eigenvalue weighted by Crippen LogP contribution is -2.44. The molecule has 1 amide bonds. The first kappa shape index (κ1) is 31.8. The Hall–Kier alpha value is -2.13. The Morgan fingerprint density at radius 2 is 1.71 bits per heavy atom. The van der Waals surface area contributed by atoms with Gasteiger partial charge in [-0.15, -0.1) is 12.3 Å². The zero-order chi connectivity index (χ0) is 29.2. The number of carbonyl (C=O) groups is 1. The van der Waals surface area contributed by atoms with E-state index in [9.17, 15) is 4.79 Å². The van der Waals surface area contributed by atoms with Crippen molar-refractivity contribution in [2.24, 2.45) is 22.7 Å². The Morgan fingerprint density at radius 3 is 2.34 bits per heavy atom. The second kappa shape index (κ2) is 15.9. The van der Waals surface area contributed by atoms with Crippen LogP contribution < -0.4 is 5.32 Å². The highest BCUT2D eigenvalue weighted by molar-refractivity contribution is 6.30. The van der Waals surface area contributed by atoms with Gasteiger partial charge in [-0.2, -0.15) is 0 Å². The summed E-state index contributed by atoms with van der Waals surface area (Å²) in [5.74, 6) is 4.77. The van der Waals surface area contributed by atoms with Gasteiger partial charge < -0.3 is 10.2 Å². The van der Waals surface area contributed by atoms with Crippen LogP contribution in [0.3, 0.4) is 0 Å². The molecule has 1 unspecified atom stereocenters. The van der Waals surface area contributed by atoms with E-state index in [1.165, 1.54) is 48.1 Å². The zero-order valence-corrected chi connectivity index (χ0v) is 26.4. The highest BCUT2D eigenvalue weighted by Gasteiger charge is 2.36. The summed E-state index contributed by atoms with van der Waals surface area (Å²) < 4.78 is 0. The van der Waals surface area contributed by atoms with Gasteiger partial charge in [0.2, 0.25) is 5.91 Å². The van der Waals surface area contributed by atoms with Crippen molar-refractivity contribution in [2.45, 2.75) is 91.0 Å². The minimum Gasteiger partial charge on any atom is -0.343 e. The van der Waals surface area contributed by atoms with Crippen molar-refractivity contribution >= 4 is 23.7 Å². The summed E-state index contributed by atoms with van der Waals surface area (Å²) in [5.41, 5.74) is 5.45. The molecule has 4 aliphatic rings. The van der Waals surface area contributed by atoms with Gasteiger partial charge in [0.1, 0.15) is 0 Å². The van der Waals surface area contributed by atoms with E-state index in [4.69, 9.17) is 16.6 Å². The molecule has 3 fully saturated rings. The van der Waals surface area contributed by atoms with E-state index in [0.29, 0.717) is 11.8 Å². The highest BCUT2D eigenvalue weighted by atomic mass is 35.5. The molecule has 3 heterocycles. The van der Waals surface area contributed by atoms with Crippen molar-refractivity contribution in [1.82, 2.24) is 15.1 Å². The summed E-state index contributed by atoms with van der Waals surface area (Å²) in [7, 11) is 0. The van der Waals surface area contributed by atoms with E-state index in [0.717, 1.165) is 94.7 Å². The Labute approximate surface area is 254 Å². The standard InChI is InChI=1S/C32H47ClN4O.C3H4/c1-3-14-35-31-23(2)4-5-27-22-28(33)6-7-29(27)32(31)37-19-12-26(13-20-37)25-10-17-36(18-11-25)30(38)21-24-8-15-34-16-9-24;1-3-2/h6-7,14,22,24-26,32,34H,3-5,8-13,15-21H2,1-2H3;1H,2H3. The van der Waals surface area contributed by atoms with Gasteiger partial charge in [0.05, 0.1) is 11.7 Å². The summed E-state index contributed by atoms with van der Waals surface area (Å²) in [6.07, 6.45) is 17.6. The molecular formula is C35H51ClN4O. The molecule has 41 heavy (non-hydrogen) atoms. The van der Waals surface area contributed by atoms with Gasteiger partial charge in [-0.1, -0.05) is 24.6 Å². The number of nitrogens with zero attached hydrogens (tertiary/aromatic N) is 3. The fourth-order valence-electron chi connectivity index (χ4n) is 7.36. The molecule has 3 saturated heterocycles. The van der Waals surface area contributed by atoms with E-state index in [1.807, 2.05) is 0 Å². The number of amides is 1. The molecule has 1 atom stereocenters. The number of halogens is 1. The third kappa shape index (κ3) is 8.46. The summed E-state index contributed by atoms with van der Waals surface area (Å²) in [4.78, 5) is 22.8. The minimum atomic E-state index is 0.225. The molecule has 0 spiro atoms. The molecule has 0 aromatic heterocycles. The fraction of sp³-hybridized carbons (Fsp3) is 0.657. The van der Waals surface area contributed by atoms with Crippen LogP contribution >= 0.6 is 11.6 Å². The van der Waals surface area contributed by atoms with Crippen LogP contribution in [0.2, 0.25) is 5.02 Å². The number of aryl methyl sites for hydroxylation is 1. The number of carbonyl (C=O) groups excluding carboxylic acids is 1. The first-order valence-corrected chi connectivity index (χ1v) is 16.4. The minimum absolute atomic E-state index is 0.225. The average molecular weight is 579 g/mol. The van der Waals surface area contributed by atoms with E-state index < -0.39 is 0 Å². The highest BCUT2D eigenvalue weighted by Crippen LogP contribution is 2.42. The van der Waals surface area contributed by atoms with Crippen LogP contribution in [0.1, 0.15) is 95.7 Å². The predicted octanol–water partition coefficient (Wildman–Crippen LogP) is 7.06. The van der Waals surface area contributed by atoms with Crippen LogP contribution in [0.15, 0.2) is 34.5 Å². The number of fused-ring (bicyclic) bond motifs is 1. The number of aliphatic imine (C=N–C) groups is 1. The van der Waals surface area contributed by atoms with Crippen LogP contribution in [0.25, 0.3) is 0 Å². The summed E-state index contributed by atoms with van der Waals surface area (Å²) in [6.45, 7) is 12.4. The second-order valence-corrected chi connectivity index (χ2v) is 12.8. The largest absolute Gasteiger partial charge is 0.343 e. The number of terminal acetylenes is 1. The van der Waals surface area contributed by atoms with E-state index in [1.54, 1.807) is 6.92 Å². The lowest BCUT2D eigenvalue weighted by Gasteiger charge is -2.43. The van der Waals surface area contributed by atoms with E-state index in [2.05, 4.69) is 65.7 Å². The SMILES string of the molecule is C#CC.CCC=NC1=C(C)CCc2cc(Cl)ccc2C1N1CCC(C2CCN(C(=O)CC3CCNCC3)CC2)CC1. The summed E-state index contributed by atoms with van der Waals surface area (Å²) >= 11 is 6.42. The summed E-state index contributed by atoms with van der Waals surface area (Å²) in [6, 6.07) is 6.71. The number of nitrogens with one attached hydrogen (secondary N) is 1. The van der Waals surface area contributed by atoms with Gasteiger partial charge in [0.25, 0.3) is 0 Å². The predicted molar refractivity (Wildman–Crippen MR) is 172 cm³/mol. The number of piperidine rings is 3. The van der Waals surface area contributed by atoms with Gasteiger partial charge in [0.15, 0.2) is 0 Å². The zero-order valence-electron chi connectivity index (χ0n) is 25.6. The molecule has 1 N–H and O–H groups in total. The number of allylic oxidation sites excluding steroid dienone is 1. The fourth-order valence-corrected chi connectivity index (χ4v) is 7.55. The van der Waals surface area contributed by atoms with Crippen LogP contribution in [0.5, 0.6) is 0 Å². The van der Waals surface area contributed by atoms with Crippen molar-refractivity contribution in [3.05, 3.63) is 45.6 Å². The molecule has 1 aliphatic carbocycles. The Balaban J connectivity index is 0.00000124. The molecule has 6 heteroatoms. The smallest absolute Gasteiger partial charge is 0.222 e. The Kier molecular flexibility index (Phi) is 12.3. The number of hydrogen-bond acceptors (Lipinski definition) is 4. The Bertz CT molecular complexity index is 1100. The van der Waals surface area contributed by atoms with Crippen molar-refractivity contribution in [3.8, 4) is 12.3 Å². The Morgan fingerprint density at radius 1 is 1.07 bits per heavy atom. The third-order valence-electron chi connectivity index (χ3n) is 9.70. The van der Waals surface area contributed by atoms with Crippen molar-refractivity contribution in [1.29, 1.82) is 0 Å². The van der Waals surface area contributed by atoms with Crippen molar-refractivity contribution < 1.29 is 4.79 Å². The van der Waals surface area contributed by atoms with Gasteiger partial charge in [-0.3, -0.25) is 14.7 Å². The normalized spacial score (nSPS) is 23.5. The maximum absolute atomic E-state index is 12.9. The average Bonchev–Trinajstić information content (AvgIpc) is 3.13. The maximum atomic E-state index is 12.9. The molecular weight excluding hydrogens is 528 g/mol. The van der Waals surface area contributed by atoms with Gasteiger partial charge in [-0.25, -0.2) is 0 Å². The first-order valence-electron chi connectivity index (χ1n) is 16.0. The topological polar surface area (TPSA) is 47.9 Å². The number of rotatable bonds is 6. The van der Waals surface area contributed by atoms with Crippen LogP contribution in [-0.4, -0.2) is 61.2 Å². The molecule has 0 bridgehead atoms. The van der Waals surface area contributed by atoms with E-state index in [-0.39, 0.29) is 6.04 Å². The van der Waals surface area contributed by atoms with E-state index >= 15 is 0 Å². The summed E-state index contributed by atoms with van der Waals surface area (Å²) in [5, 5.41) is 4.25. The van der Waals surface area contributed by atoms with Crippen LogP contribution in [0.4, 0.5) is 0 Å². The monoisotopic (exact) mass is 578 g/mol. The molecule has 0 saturated carbocycles. The molecule has 1 aromatic carbocycles. The third-order valence-corrected chi connectivity index (χ3v) is 9.93. The lowest BCUT2D eigenvalue weighted by atomic mass is 9.78. The molecule has 5 rings (SSSR count). The quantitative estimate of drug-likeness (QED) is 0.290. The maximum Gasteiger partial charge on any atom is 0.222 e. The van der Waals surface area contributed by atoms with Gasteiger partial charge in [-0.05, 0) is 144 Å². The second-order valence-electron chi connectivity index (χ2n) is 12.4. The van der Waals surface area contributed by atoms with Crippen molar-refractivity contribution in [2.75, 3.05) is 39.3 Å².